The van der Waals surface area contributed by atoms with Gasteiger partial charge in [0, 0.05) is 17.8 Å². The Kier molecular flexibility index (Phi) is 9.54. The average molecular weight is 568 g/mol. The zero-order valence-corrected chi connectivity index (χ0v) is 24.3. The number of carboxylic acid groups (broad SMARTS) is 1. The van der Waals surface area contributed by atoms with Gasteiger partial charge in [-0.2, -0.15) is 4.31 Å². The van der Waals surface area contributed by atoms with Crippen molar-refractivity contribution < 1.29 is 23.1 Å². The summed E-state index contributed by atoms with van der Waals surface area (Å²) in [5, 5.41) is 9.59. The van der Waals surface area contributed by atoms with Crippen molar-refractivity contribution in [1.82, 2.24) is 4.31 Å². The summed E-state index contributed by atoms with van der Waals surface area (Å²) in [7, 11) is -3.53. The number of aliphatic carboxylic acids is 1. The molecular weight excluding hydrogens is 530 g/mol. The predicted molar refractivity (Wildman–Crippen MR) is 157 cm³/mol. The van der Waals surface area contributed by atoms with Gasteiger partial charge in [0.05, 0.1) is 17.6 Å². The van der Waals surface area contributed by atoms with E-state index in [-0.39, 0.29) is 17.8 Å². The number of hydrogen-bond donors (Lipinski definition) is 1. The molecule has 6 nitrogen and oxygen atoms in total. The van der Waals surface area contributed by atoms with E-state index in [0.717, 1.165) is 16.7 Å². The van der Waals surface area contributed by atoms with Crippen molar-refractivity contribution in [2.45, 2.75) is 48.8 Å². The van der Waals surface area contributed by atoms with Gasteiger partial charge in [-0.3, -0.25) is 0 Å². The molecule has 8 heteroatoms. The molecule has 3 aromatic carbocycles. The maximum absolute atomic E-state index is 12.9. The Hall–Kier alpha value is -2.65. The maximum atomic E-state index is 12.9. The van der Waals surface area contributed by atoms with Crippen molar-refractivity contribution in [2.24, 2.45) is 5.92 Å². The van der Waals surface area contributed by atoms with Crippen LogP contribution in [0.1, 0.15) is 43.4 Å². The number of sulfonamides is 1. The third kappa shape index (κ3) is 6.92. The molecule has 0 saturated carbocycles. The van der Waals surface area contributed by atoms with E-state index < -0.39 is 32.9 Å². The summed E-state index contributed by atoms with van der Waals surface area (Å²) in [6.07, 6.45) is 1.18. The summed E-state index contributed by atoms with van der Waals surface area (Å²) >= 11 is 1.76. The lowest BCUT2D eigenvalue weighted by molar-refractivity contribution is -0.152. The summed E-state index contributed by atoms with van der Waals surface area (Å²) in [6.45, 7) is 4.26. The third-order valence-electron chi connectivity index (χ3n) is 7.09. The first kappa shape index (κ1) is 29.3. The molecule has 1 aliphatic rings. The normalized spacial score (nSPS) is 19.3. The lowest BCUT2D eigenvalue weighted by atomic mass is 9.84. The number of thioether (sulfide) groups is 1. The van der Waals surface area contributed by atoms with E-state index >= 15 is 0 Å². The van der Waals surface area contributed by atoms with Crippen LogP contribution in [-0.4, -0.2) is 60.6 Å². The highest BCUT2D eigenvalue weighted by Crippen LogP contribution is 2.52. The van der Waals surface area contributed by atoms with Gasteiger partial charge in [0.25, 0.3) is 0 Å². The second-order valence-corrected chi connectivity index (χ2v) is 14.0. The molecule has 3 aromatic rings. The van der Waals surface area contributed by atoms with Gasteiger partial charge in [-0.05, 0) is 35.4 Å². The Balaban J connectivity index is 1.71. The van der Waals surface area contributed by atoms with Crippen molar-refractivity contribution in [1.29, 1.82) is 0 Å². The molecular formula is C31H37NO5S2. The first-order valence-corrected chi connectivity index (χ1v) is 16.0. The van der Waals surface area contributed by atoms with Gasteiger partial charge in [-0.15, -0.1) is 11.8 Å². The standard InChI is InChI=1S/C31H37NO5S2/c1-23(2)19-29(30(33)34)37-22-27-20-28(21-32(27)39(3,35)36)38-31(24-13-7-4-8-14-24,25-15-9-5-10-16-25)26-17-11-6-12-18-26/h4-18,23,27-29H,19-22H2,1-3H3,(H,33,34)/t27?,28?,29-/m0/s1. The number of carboxylic acids is 1. The second kappa shape index (κ2) is 12.7. The summed E-state index contributed by atoms with van der Waals surface area (Å²) < 4.78 is 32.5. The molecule has 0 bridgehead atoms. The molecule has 3 atom stereocenters. The molecule has 0 radical (unpaired) electrons. The van der Waals surface area contributed by atoms with Gasteiger partial charge < -0.3 is 9.84 Å². The molecule has 1 N–H and O–H groups in total. The van der Waals surface area contributed by atoms with Crippen molar-refractivity contribution in [3.8, 4) is 0 Å². The van der Waals surface area contributed by atoms with Crippen molar-refractivity contribution in [2.75, 3.05) is 19.4 Å². The van der Waals surface area contributed by atoms with E-state index in [1.54, 1.807) is 11.8 Å². The molecule has 1 saturated heterocycles. The predicted octanol–water partition coefficient (Wildman–Crippen LogP) is 5.63. The highest BCUT2D eigenvalue weighted by Gasteiger charge is 2.45. The number of benzene rings is 3. The van der Waals surface area contributed by atoms with Crippen LogP contribution in [0.15, 0.2) is 91.0 Å². The number of ether oxygens (including phenoxy) is 1. The maximum Gasteiger partial charge on any atom is 0.332 e. The van der Waals surface area contributed by atoms with E-state index in [9.17, 15) is 18.3 Å². The Bertz CT molecular complexity index is 1220. The number of rotatable bonds is 12. The van der Waals surface area contributed by atoms with Crippen molar-refractivity contribution in [3.63, 3.8) is 0 Å². The molecule has 2 unspecified atom stereocenters. The smallest absolute Gasteiger partial charge is 0.332 e. The molecule has 208 valence electrons. The van der Waals surface area contributed by atoms with Crippen molar-refractivity contribution >= 4 is 27.8 Å². The Morgan fingerprint density at radius 1 is 0.949 bits per heavy atom. The number of nitrogens with zero attached hydrogens (tertiary/aromatic N) is 1. The van der Waals surface area contributed by atoms with Gasteiger partial charge in [0.2, 0.25) is 10.0 Å². The minimum atomic E-state index is -3.53. The minimum Gasteiger partial charge on any atom is -0.479 e. The summed E-state index contributed by atoms with van der Waals surface area (Å²) in [6, 6.07) is 30.5. The number of hydrogen-bond acceptors (Lipinski definition) is 5. The van der Waals surface area contributed by atoms with E-state index in [1.165, 1.54) is 10.6 Å². The third-order valence-corrected chi connectivity index (χ3v) is 10.1. The minimum absolute atomic E-state index is 0.0445. The van der Waals surface area contributed by atoms with Gasteiger partial charge in [-0.25, -0.2) is 13.2 Å². The zero-order chi connectivity index (χ0) is 28.0. The van der Waals surface area contributed by atoms with Crippen LogP contribution >= 0.6 is 11.8 Å². The molecule has 0 aliphatic carbocycles. The SMILES string of the molecule is CC(C)C[C@H](OCC1CC(SC(c2ccccc2)(c2ccccc2)c2ccccc2)CN1S(C)(=O)=O)C(=O)O. The van der Waals surface area contributed by atoms with E-state index in [1.807, 2.05) is 68.4 Å². The van der Waals surface area contributed by atoms with Crippen LogP contribution in [0.25, 0.3) is 0 Å². The first-order valence-electron chi connectivity index (χ1n) is 13.3. The van der Waals surface area contributed by atoms with Crippen molar-refractivity contribution in [3.05, 3.63) is 108 Å². The largest absolute Gasteiger partial charge is 0.479 e. The monoisotopic (exact) mass is 567 g/mol. The van der Waals surface area contributed by atoms with Crippen LogP contribution in [-0.2, 0) is 24.3 Å². The molecule has 0 amide bonds. The summed E-state index contributed by atoms with van der Waals surface area (Å²) in [5.74, 6) is -0.873. The lowest BCUT2D eigenvalue weighted by Crippen LogP contribution is -2.39. The van der Waals surface area contributed by atoms with Crippen LogP contribution < -0.4 is 0 Å². The fourth-order valence-electron chi connectivity index (χ4n) is 5.36. The van der Waals surface area contributed by atoms with Gasteiger partial charge in [-0.1, -0.05) is 105 Å². The molecule has 1 heterocycles. The van der Waals surface area contributed by atoms with E-state index in [2.05, 4.69) is 36.4 Å². The van der Waals surface area contributed by atoms with Gasteiger partial charge in [0.15, 0.2) is 6.10 Å². The van der Waals surface area contributed by atoms with Gasteiger partial charge in [0.1, 0.15) is 0 Å². The van der Waals surface area contributed by atoms with Crippen LogP contribution in [0.4, 0.5) is 0 Å². The fourth-order valence-corrected chi connectivity index (χ4v) is 8.46. The van der Waals surface area contributed by atoms with E-state index in [0.29, 0.717) is 19.4 Å². The number of carbonyl (C=O) groups is 1. The van der Waals surface area contributed by atoms with Crippen LogP contribution in [0, 0.1) is 5.92 Å². The lowest BCUT2D eigenvalue weighted by Gasteiger charge is -2.37. The Labute approximate surface area is 236 Å². The molecule has 1 fully saturated rings. The fraction of sp³-hybridized carbons (Fsp3) is 0.387. The molecule has 39 heavy (non-hydrogen) atoms. The topological polar surface area (TPSA) is 83.9 Å². The Morgan fingerprint density at radius 3 is 1.79 bits per heavy atom. The highest BCUT2D eigenvalue weighted by atomic mass is 32.2. The summed E-state index contributed by atoms with van der Waals surface area (Å²) in [5.41, 5.74) is 3.34. The van der Waals surface area contributed by atoms with Crippen LogP contribution in [0.2, 0.25) is 0 Å². The summed E-state index contributed by atoms with van der Waals surface area (Å²) in [4.78, 5) is 11.8. The van der Waals surface area contributed by atoms with Crippen LogP contribution in [0.5, 0.6) is 0 Å². The molecule has 0 aromatic heterocycles. The second-order valence-electron chi connectivity index (χ2n) is 10.5. The van der Waals surface area contributed by atoms with Crippen LogP contribution in [0.3, 0.4) is 0 Å². The zero-order valence-electron chi connectivity index (χ0n) is 22.6. The molecule has 4 rings (SSSR count). The Morgan fingerprint density at radius 2 is 1.41 bits per heavy atom. The van der Waals surface area contributed by atoms with E-state index in [4.69, 9.17) is 4.74 Å². The molecule has 0 spiro atoms. The average Bonchev–Trinajstić information content (AvgIpc) is 3.34. The first-order chi connectivity index (χ1) is 18.6. The quantitative estimate of drug-likeness (QED) is 0.286. The molecule has 1 aliphatic heterocycles. The highest BCUT2D eigenvalue weighted by molar-refractivity contribution is 8.01. The van der Waals surface area contributed by atoms with Gasteiger partial charge >= 0.3 is 5.97 Å².